The number of carboxylic acid groups (broad SMARTS) is 1. The van der Waals surface area contributed by atoms with Crippen molar-refractivity contribution in [1.82, 2.24) is 0 Å². The monoisotopic (exact) mass is 725 g/mol. The number of aliphatic carboxylic acids is 1. The van der Waals surface area contributed by atoms with Crippen LogP contribution < -0.4 is 0 Å². The van der Waals surface area contributed by atoms with Gasteiger partial charge in [0.1, 0.15) is 6.61 Å². The molecule has 0 aliphatic rings. The van der Waals surface area contributed by atoms with Crippen molar-refractivity contribution in [2.24, 2.45) is 0 Å². The summed E-state index contributed by atoms with van der Waals surface area (Å²) in [5.41, 5.74) is 0. The van der Waals surface area contributed by atoms with Crippen LogP contribution in [0.25, 0.3) is 0 Å². The van der Waals surface area contributed by atoms with Crippen molar-refractivity contribution in [3.8, 4) is 0 Å². The van der Waals surface area contributed by atoms with Crippen molar-refractivity contribution in [1.29, 1.82) is 0 Å². The van der Waals surface area contributed by atoms with E-state index in [1.165, 1.54) is 12.8 Å². The maximum absolute atomic E-state index is 12.7. The average molecular weight is 725 g/mol. The molecule has 0 aromatic carbocycles. The van der Waals surface area contributed by atoms with Crippen LogP contribution in [-0.4, -0.2) is 80.6 Å². The minimum absolute atomic E-state index is 0.0270. The molecular formula is C44H70NO7+. The quantitative estimate of drug-likeness (QED) is 0.0319. The van der Waals surface area contributed by atoms with E-state index in [4.69, 9.17) is 14.2 Å². The van der Waals surface area contributed by atoms with Gasteiger partial charge in [0.15, 0.2) is 12.1 Å². The van der Waals surface area contributed by atoms with Crippen molar-refractivity contribution < 1.29 is 38.2 Å². The van der Waals surface area contributed by atoms with Crippen LogP contribution in [0.15, 0.2) is 97.2 Å². The SMILES string of the molecule is CC/C=C/C=C/C=C/C=C/C=C/C=C/CCCCCC(=O)OC(COCCC(C(=O)O)[N+](C)(C)C)COC(=O)CCCCC/C=C/C=C/CCCC. The first kappa shape index (κ1) is 48.2. The standard InChI is InChI=1S/C44H69NO7/c1-6-8-10-12-14-16-18-19-20-21-22-23-25-27-29-31-33-35-43(47)52-40(38-50-37-36-41(44(48)49)45(3,4)5)39-51-42(46)34-32-30-28-26-24-17-15-13-11-9-7-2/h8,10,12-25,40-41H,6-7,9,11,26-39H2,1-5H3/p+1/b10-8+,14-12+,15-13+,18-16+,20-19+,22-21+,24-17+,25-23+. The third kappa shape index (κ3) is 32.2. The fourth-order valence-corrected chi connectivity index (χ4v) is 4.86. The molecule has 52 heavy (non-hydrogen) atoms. The third-order valence-electron chi connectivity index (χ3n) is 7.91. The Hall–Kier alpha value is -3.75. The smallest absolute Gasteiger partial charge is 0.362 e. The summed E-state index contributed by atoms with van der Waals surface area (Å²) < 4.78 is 17.1. The van der Waals surface area contributed by atoms with Crippen molar-refractivity contribution in [3.05, 3.63) is 97.2 Å². The molecule has 292 valence electrons. The Morgan fingerprint density at radius 2 is 1.08 bits per heavy atom. The lowest BCUT2D eigenvalue weighted by molar-refractivity contribution is -0.887. The highest BCUT2D eigenvalue weighted by molar-refractivity contribution is 5.72. The summed E-state index contributed by atoms with van der Waals surface area (Å²) in [6, 6.07) is -0.632. The molecule has 1 N–H and O–H groups in total. The largest absolute Gasteiger partial charge is 0.477 e. The normalized spacial score (nSPS) is 14.1. The second-order valence-electron chi connectivity index (χ2n) is 13.6. The number of unbranched alkanes of at least 4 members (excludes halogenated alkanes) is 8. The number of quaternary nitrogens is 1. The Morgan fingerprint density at radius 1 is 0.596 bits per heavy atom. The van der Waals surface area contributed by atoms with Gasteiger partial charge < -0.3 is 23.8 Å². The van der Waals surface area contributed by atoms with Gasteiger partial charge in [0.2, 0.25) is 0 Å². The first-order chi connectivity index (χ1) is 25.1. The summed E-state index contributed by atoms with van der Waals surface area (Å²) in [5, 5.41) is 9.58. The number of hydrogen-bond donors (Lipinski definition) is 1. The van der Waals surface area contributed by atoms with Gasteiger partial charge in [0.25, 0.3) is 0 Å². The van der Waals surface area contributed by atoms with Gasteiger partial charge >= 0.3 is 17.9 Å². The Balaban J connectivity index is 4.59. The molecule has 0 saturated carbocycles. The van der Waals surface area contributed by atoms with E-state index in [-0.39, 0.29) is 42.7 Å². The van der Waals surface area contributed by atoms with Crippen molar-refractivity contribution >= 4 is 17.9 Å². The van der Waals surface area contributed by atoms with Crippen LogP contribution >= 0.6 is 0 Å². The number of nitrogens with zero attached hydrogens (tertiary/aromatic N) is 1. The molecule has 0 radical (unpaired) electrons. The molecule has 0 spiro atoms. The first-order valence-electron chi connectivity index (χ1n) is 19.4. The lowest BCUT2D eigenvalue weighted by atomic mass is 10.1. The Bertz CT molecular complexity index is 1170. The molecule has 0 rings (SSSR count). The van der Waals surface area contributed by atoms with E-state index in [1.807, 2.05) is 81.9 Å². The van der Waals surface area contributed by atoms with E-state index in [0.717, 1.165) is 57.8 Å². The van der Waals surface area contributed by atoms with E-state index in [1.54, 1.807) is 0 Å². The van der Waals surface area contributed by atoms with Gasteiger partial charge in [-0.2, -0.15) is 0 Å². The summed E-state index contributed by atoms with van der Waals surface area (Å²) >= 11 is 0. The molecule has 8 nitrogen and oxygen atoms in total. The third-order valence-corrected chi connectivity index (χ3v) is 7.91. The second-order valence-corrected chi connectivity index (χ2v) is 13.6. The Labute approximate surface area is 316 Å². The van der Waals surface area contributed by atoms with Crippen LogP contribution in [0.1, 0.15) is 110 Å². The first-order valence-corrected chi connectivity index (χ1v) is 19.4. The fraction of sp³-hybridized carbons (Fsp3) is 0.568. The van der Waals surface area contributed by atoms with Crippen LogP contribution in [-0.2, 0) is 28.6 Å². The molecule has 0 aliphatic heterocycles. The molecule has 8 heteroatoms. The zero-order chi connectivity index (χ0) is 38.5. The molecule has 0 saturated heterocycles. The number of allylic oxidation sites excluding steroid dienone is 16. The van der Waals surface area contributed by atoms with Crippen molar-refractivity contribution in [2.75, 3.05) is 41.0 Å². The lowest BCUT2D eigenvalue weighted by Gasteiger charge is -2.31. The minimum atomic E-state index is -0.893. The molecule has 0 fully saturated rings. The van der Waals surface area contributed by atoms with Crippen LogP contribution in [0.4, 0.5) is 0 Å². The molecule has 2 unspecified atom stereocenters. The molecule has 0 aliphatic carbocycles. The molecule has 0 heterocycles. The molecule has 0 amide bonds. The highest BCUT2D eigenvalue weighted by Gasteiger charge is 2.31. The van der Waals surface area contributed by atoms with Gasteiger partial charge in [0, 0.05) is 19.3 Å². The number of hydrogen-bond acceptors (Lipinski definition) is 6. The highest BCUT2D eigenvalue weighted by Crippen LogP contribution is 2.11. The Kier molecular flexibility index (Phi) is 31.9. The van der Waals surface area contributed by atoms with E-state index >= 15 is 0 Å². The van der Waals surface area contributed by atoms with Crippen LogP contribution in [0, 0.1) is 0 Å². The van der Waals surface area contributed by atoms with Gasteiger partial charge in [0.05, 0.1) is 34.4 Å². The summed E-state index contributed by atoms with van der Waals surface area (Å²) in [7, 11) is 5.48. The van der Waals surface area contributed by atoms with Gasteiger partial charge in [-0.25, -0.2) is 4.79 Å². The number of carbonyl (C=O) groups excluding carboxylic acids is 2. The zero-order valence-electron chi connectivity index (χ0n) is 33.0. The van der Waals surface area contributed by atoms with Gasteiger partial charge in [-0.05, 0) is 51.4 Å². The van der Waals surface area contributed by atoms with Crippen LogP contribution in [0.3, 0.4) is 0 Å². The topological polar surface area (TPSA) is 99.1 Å². The number of ether oxygens (including phenoxy) is 3. The maximum Gasteiger partial charge on any atom is 0.362 e. The lowest BCUT2D eigenvalue weighted by Crippen LogP contribution is -2.50. The van der Waals surface area contributed by atoms with E-state index in [0.29, 0.717) is 19.3 Å². The Morgan fingerprint density at radius 3 is 1.58 bits per heavy atom. The van der Waals surface area contributed by atoms with Crippen molar-refractivity contribution in [3.63, 3.8) is 0 Å². The van der Waals surface area contributed by atoms with E-state index in [2.05, 4.69) is 50.3 Å². The van der Waals surface area contributed by atoms with E-state index < -0.39 is 18.1 Å². The van der Waals surface area contributed by atoms with Crippen LogP contribution in [0.5, 0.6) is 0 Å². The second kappa shape index (κ2) is 34.3. The molecule has 0 bridgehead atoms. The molecular weight excluding hydrogens is 654 g/mol. The number of rotatable bonds is 32. The predicted molar refractivity (Wildman–Crippen MR) is 215 cm³/mol. The van der Waals surface area contributed by atoms with Gasteiger partial charge in [-0.1, -0.05) is 137 Å². The zero-order valence-corrected chi connectivity index (χ0v) is 33.0. The summed E-state index contributed by atoms with van der Waals surface area (Å²) in [5.74, 6) is -1.58. The summed E-state index contributed by atoms with van der Waals surface area (Å²) in [4.78, 5) is 36.8. The van der Waals surface area contributed by atoms with Gasteiger partial charge in [-0.15, -0.1) is 0 Å². The number of esters is 2. The number of carbonyl (C=O) groups is 3. The number of carboxylic acids is 1. The predicted octanol–water partition coefficient (Wildman–Crippen LogP) is 9.96. The minimum Gasteiger partial charge on any atom is -0.477 e. The highest BCUT2D eigenvalue weighted by atomic mass is 16.6. The maximum atomic E-state index is 12.7. The fourth-order valence-electron chi connectivity index (χ4n) is 4.86. The van der Waals surface area contributed by atoms with Crippen molar-refractivity contribution in [2.45, 2.75) is 122 Å². The molecule has 0 aromatic rings. The van der Waals surface area contributed by atoms with Gasteiger partial charge in [-0.3, -0.25) is 9.59 Å². The average Bonchev–Trinajstić information content (AvgIpc) is 3.09. The summed E-state index contributed by atoms with van der Waals surface area (Å²) in [6.45, 7) is 4.41. The van der Waals surface area contributed by atoms with E-state index in [9.17, 15) is 19.5 Å². The molecule has 2 atom stereocenters. The number of likely N-dealkylation sites (N-methyl/N-ethyl adjacent to an activating group) is 1. The van der Waals surface area contributed by atoms with Crippen LogP contribution in [0.2, 0.25) is 0 Å². The summed E-state index contributed by atoms with van der Waals surface area (Å²) in [6.07, 6.45) is 44.5. The molecule has 0 aromatic heterocycles.